The van der Waals surface area contributed by atoms with Gasteiger partial charge in [-0.25, -0.2) is 0 Å². The summed E-state index contributed by atoms with van der Waals surface area (Å²) in [6.45, 7) is 1.95. The first-order chi connectivity index (χ1) is 39.4. The number of rotatable bonds is 12. The lowest BCUT2D eigenvalue weighted by Gasteiger charge is -2.37. The third-order valence-electron chi connectivity index (χ3n) is 13.5. The van der Waals surface area contributed by atoms with Gasteiger partial charge in [0.25, 0.3) is 0 Å². The van der Waals surface area contributed by atoms with E-state index in [1.165, 1.54) is 36.4 Å². The molecular weight excluding hydrogens is 1080 g/mol. The molecule has 0 N–H and O–H groups in total. The van der Waals surface area contributed by atoms with Gasteiger partial charge < -0.3 is 17.7 Å². The molecule has 0 saturated heterocycles. The van der Waals surface area contributed by atoms with E-state index in [1.807, 2.05) is 91.9 Å². The van der Waals surface area contributed by atoms with Crippen molar-refractivity contribution < 1.29 is 57.2 Å². The largest absolute Gasteiger partial charge is 0.416 e. The first kappa shape index (κ1) is 52.4. The molecule has 12 aromatic rings. The minimum atomic E-state index is -4.61. The van der Waals surface area contributed by atoms with Crippen molar-refractivity contribution in [2.24, 2.45) is 0 Å². The highest BCUT2D eigenvalue weighted by molar-refractivity contribution is 5.69. The highest BCUT2D eigenvalue weighted by Gasteiger charge is 2.40. The fourth-order valence-electron chi connectivity index (χ4n) is 9.54. The predicted molar refractivity (Wildman–Crippen MR) is 279 cm³/mol. The highest BCUT2D eigenvalue weighted by Crippen LogP contribution is 2.48. The zero-order valence-electron chi connectivity index (χ0n) is 42.1. The van der Waals surface area contributed by atoms with Gasteiger partial charge in [-0.05, 0) is 144 Å². The van der Waals surface area contributed by atoms with Crippen molar-refractivity contribution in [3.05, 3.63) is 239 Å². The van der Waals surface area contributed by atoms with Crippen LogP contribution in [-0.4, -0.2) is 40.8 Å². The molecule has 0 aliphatic carbocycles. The molecule has 0 unspecified atom stereocenters. The number of nitrogens with zero attached hydrogens (tertiary/aromatic N) is 8. The van der Waals surface area contributed by atoms with Crippen LogP contribution in [0.1, 0.15) is 44.5 Å². The smallest absolute Gasteiger partial charge is 0.416 e. The van der Waals surface area contributed by atoms with Gasteiger partial charge in [-0.2, -0.15) is 39.5 Å². The normalized spacial score (nSPS) is 12.3. The van der Waals surface area contributed by atoms with E-state index >= 15 is 0 Å². The molecular formula is C61H35F9N8O4. The summed E-state index contributed by atoms with van der Waals surface area (Å²) in [6, 6.07) is 49.9. The summed E-state index contributed by atoms with van der Waals surface area (Å²) < 4.78 is 147. The maximum absolute atomic E-state index is 13.7. The minimum absolute atomic E-state index is 0.0142. The first-order valence-electron chi connectivity index (χ1n) is 24.7. The zero-order chi connectivity index (χ0) is 57.0. The molecule has 0 atom stereocenters. The van der Waals surface area contributed by atoms with Gasteiger partial charge in [0.05, 0.1) is 22.1 Å². The molecule has 12 nitrogen and oxygen atoms in total. The summed E-state index contributed by atoms with van der Waals surface area (Å²) in [5.41, 5.74) is 2.43. The summed E-state index contributed by atoms with van der Waals surface area (Å²) in [6.07, 6.45) is -13.8. The molecule has 82 heavy (non-hydrogen) atoms. The molecule has 0 saturated carbocycles. The Morgan fingerprint density at radius 3 is 0.695 bits per heavy atom. The van der Waals surface area contributed by atoms with Gasteiger partial charge in [0, 0.05) is 44.5 Å². The number of hydrogen-bond donors (Lipinski definition) is 0. The Morgan fingerprint density at radius 2 is 0.463 bits per heavy atom. The lowest BCUT2D eigenvalue weighted by atomic mass is 9.65. The second-order valence-electron chi connectivity index (χ2n) is 18.8. The van der Waals surface area contributed by atoms with Crippen LogP contribution in [0, 0.1) is 6.92 Å². The molecule has 0 radical (unpaired) electrons. The molecule has 0 aliphatic rings. The summed E-state index contributed by atoms with van der Waals surface area (Å²) in [4.78, 5) is 0. The standard InChI is InChI=1S/C61H35F9N8O4/c1-34-6-2-7-39(30-34)54-75-71-50(79-54)35-14-22-43(23-15-35)58(44-24-16-36(17-25-44)51-72-76-55(80-51)40-8-3-11-47(31-40)59(62,63)64,45-26-18-37(19-27-45)52-73-77-56(81-52)41-9-4-12-48(32-41)60(65,66)67)46-28-20-38(21-29-46)53-74-78-57(82-53)42-10-5-13-49(33-42)61(68,69)70/h2-33H,1H3. The van der Waals surface area contributed by atoms with Crippen molar-refractivity contribution in [3.8, 4) is 91.6 Å². The number of benzene rings is 8. The topological polar surface area (TPSA) is 156 Å². The van der Waals surface area contributed by atoms with E-state index in [0.29, 0.717) is 50.4 Å². The van der Waals surface area contributed by atoms with Crippen molar-refractivity contribution in [2.75, 3.05) is 0 Å². The maximum atomic E-state index is 13.7. The van der Waals surface area contributed by atoms with Gasteiger partial charge in [-0.3, -0.25) is 0 Å². The van der Waals surface area contributed by atoms with Gasteiger partial charge in [0.15, 0.2) is 0 Å². The van der Waals surface area contributed by atoms with Gasteiger partial charge in [-0.15, -0.1) is 40.8 Å². The van der Waals surface area contributed by atoms with Crippen LogP contribution < -0.4 is 0 Å². The number of aryl methyl sites for hydroxylation is 1. The molecule has 406 valence electrons. The Bertz CT molecular complexity index is 3930. The molecule has 12 rings (SSSR count). The third-order valence-corrected chi connectivity index (χ3v) is 13.5. The van der Waals surface area contributed by atoms with E-state index in [-0.39, 0.29) is 57.9 Å². The molecule has 4 aromatic heterocycles. The van der Waals surface area contributed by atoms with E-state index in [2.05, 4.69) is 40.8 Å². The lowest BCUT2D eigenvalue weighted by Crippen LogP contribution is -2.31. The SMILES string of the molecule is Cc1cccc(-c2nnc(-c3ccc(C(c4ccc(-c5nnc(-c6cccc(C(F)(F)F)c6)o5)cc4)(c4ccc(-c5nnc(-c6cccc(C(F)(F)F)c6)o5)cc4)c4ccc(-c5nnc(-c6cccc(C(F)(F)F)c6)o5)cc4)cc3)o2)c1. The van der Waals surface area contributed by atoms with E-state index in [0.717, 1.165) is 47.5 Å². The van der Waals surface area contributed by atoms with Crippen LogP contribution in [0.25, 0.3) is 91.6 Å². The maximum Gasteiger partial charge on any atom is 0.416 e. The van der Waals surface area contributed by atoms with Crippen molar-refractivity contribution in [2.45, 2.75) is 30.9 Å². The van der Waals surface area contributed by atoms with Crippen molar-refractivity contribution in [1.82, 2.24) is 40.8 Å². The van der Waals surface area contributed by atoms with Gasteiger partial charge in [-0.1, -0.05) is 84.4 Å². The third kappa shape index (κ3) is 10.2. The Labute approximate surface area is 457 Å². The fourth-order valence-corrected chi connectivity index (χ4v) is 9.54. The number of halogens is 9. The zero-order valence-corrected chi connectivity index (χ0v) is 42.1. The number of hydrogen-bond acceptors (Lipinski definition) is 12. The van der Waals surface area contributed by atoms with Crippen LogP contribution >= 0.6 is 0 Å². The summed E-state index contributed by atoms with van der Waals surface area (Å²) in [5, 5.41) is 33.4. The molecule has 0 fully saturated rings. The second kappa shape index (κ2) is 20.4. The average Bonchev–Trinajstić information content (AvgIpc) is 3.69. The van der Waals surface area contributed by atoms with Crippen molar-refractivity contribution in [1.29, 1.82) is 0 Å². The van der Waals surface area contributed by atoms with Crippen LogP contribution in [0.5, 0.6) is 0 Å². The van der Waals surface area contributed by atoms with Crippen LogP contribution in [0.15, 0.2) is 212 Å². The van der Waals surface area contributed by atoms with E-state index < -0.39 is 40.6 Å². The minimum Gasteiger partial charge on any atom is -0.416 e. The number of aromatic nitrogens is 8. The van der Waals surface area contributed by atoms with Crippen LogP contribution in [0.4, 0.5) is 39.5 Å². The monoisotopic (exact) mass is 1110 g/mol. The Morgan fingerprint density at radius 1 is 0.244 bits per heavy atom. The summed E-state index contributed by atoms with van der Waals surface area (Å²) in [5.74, 6) is 0.173. The molecule has 0 aliphatic heterocycles. The molecule has 4 heterocycles. The Kier molecular flexibility index (Phi) is 13.0. The van der Waals surface area contributed by atoms with Gasteiger partial charge in [0.2, 0.25) is 47.1 Å². The molecule has 0 amide bonds. The first-order valence-corrected chi connectivity index (χ1v) is 24.7. The van der Waals surface area contributed by atoms with Crippen molar-refractivity contribution >= 4 is 0 Å². The fraction of sp³-hybridized carbons (Fsp3) is 0.0820. The van der Waals surface area contributed by atoms with E-state index in [9.17, 15) is 39.5 Å². The van der Waals surface area contributed by atoms with Crippen LogP contribution in [-0.2, 0) is 23.9 Å². The number of alkyl halides is 9. The van der Waals surface area contributed by atoms with Gasteiger partial charge in [0.1, 0.15) is 0 Å². The molecule has 0 bridgehead atoms. The predicted octanol–water partition coefficient (Wildman–Crippen LogP) is 16.3. The Hall–Kier alpha value is -10.3. The van der Waals surface area contributed by atoms with E-state index in [4.69, 9.17) is 17.7 Å². The summed E-state index contributed by atoms with van der Waals surface area (Å²) in [7, 11) is 0. The average molecular weight is 1110 g/mol. The lowest BCUT2D eigenvalue weighted by molar-refractivity contribution is -0.138. The summed E-state index contributed by atoms with van der Waals surface area (Å²) >= 11 is 0. The van der Waals surface area contributed by atoms with E-state index in [1.54, 1.807) is 36.4 Å². The van der Waals surface area contributed by atoms with Crippen LogP contribution in [0.3, 0.4) is 0 Å². The van der Waals surface area contributed by atoms with Crippen LogP contribution in [0.2, 0.25) is 0 Å². The van der Waals surface area contributed by atoms with Gasteiger partial charge >= 0.3 is 18.5 Å². The molecule has 8 aromatic carbocycles. The second-order valence-corrected chi connectivity index (χ2v) is 18.8. The van der Waals surface area contributed by atoms with Crippen molar-refractivity contribution in [3.63, 3.8) is 0 Å². The highest BCUT2D eigenvalue weighted by atomic mass is 19.4. The Balaban J connectivity index is 0.985. The molecule has 0 spiro atoms. The quantitative estimate of drug-likeness (QED) is 0.0844. The molecule has 21 heteroatoms.